The van der Waals surface area contributed by atoms with Crippen LogP contribution < -0.4 is 5.32 Å². The molecule has 5 rings (SSSR count). The van der Waals surface area contributed by atoms with Crippen molar-refractivity contribution < 1.29 is 13.9 Å². The van der Waals surface area contributed by atoms with Crippen molar-refractivity contribution in [1.29, 1.82) is 0 Å². The van der Waals surface area contributed by atoms with Crippen LogP contribution in [0.3, 0.4) is 0 Å². The average molecular weight is 428 g/mol. The molecule has 0 aliphatic heterocycles. The topological polar surface area (TPSA) is 86.3 Å². The van der Waals surface area contributed by atoms with Crippen molar-refractivity contribution in [3.8, 4) is 28.3 Å². The molecule has 0 spiro atoms. The van der Waals surface area contributed by atoms with E-state index in [1.165, 1.54) is 19.2 Å². The molecule has 5 aromatic rings. The first-order chi connectivity index (χ1) is 15.6. The first kappa shape index (κ1) is 19.4. The van der Waals surface area contributed by atoms with Gasteiger partial charge in [0.1, 0.15) is 23.1 Å². The number of nitrogens with zero attached hydrogens (tertiary/aromatic N) is 5. The number of fused-ring (bicyclic) bond motifs is 1. The van der Waals surface area contributed by atoms with Gasteiger partial charge >= 0.3 is 6.09 Å². The summed E-state index contributed by atoms with van der Waals surface area (Å²) in [7, 11) is 1.29. The van der Waals surface area contributed by atoms with Crippen LogP contribution in [0.5, 0.6) is 0 Å². The number of halogens is 1. The zero-order valence-corrected chi connectivity index (χ0v) is 16.9. The van der Waals surface area contributed by atoms with Gasteiger partial charge in [-0.3, -0.25) is 14.3 Å². The molecule has 1 aromatic carbocycles. The van der Waals surface area contributed by atoms with E-state index in [2.05, 4.69) is 25.0 Å². The van der Waals surface area contributed by atoms with E-state index in [1.807, 2.05) is 39.6 Å². The maximum atomic E-state index is 13.3. The number of imidazole rings is 2. The van der Waals surface area contributed by atoms with Crippen LogP contribution in [-0.2, 0) is 4.74 Å². The third-order valence-corrected chi connectivity index (χ3v) is 4.98. The van der Waals surface area contributed by atoms with Gasteiger partial charge in [-0.15, -0.1) is 0 Å². The van der Waals surface area contributed by atoms with E-state index in [1.54, 1.807) is 36.8 Å². The van der Waals surface area contributed by atoms with Gasteiger partial charge in [-0.1, -0.05) is 0 Å². The van der Waals surface area contributed by atoms with Crippen molar-refractivity contribution in [2.45, 2.75) is 0 Å². The Morgan fingerprint density at radius 2 is 1.78 bits per heavy atom. The monoisotopic (exact) mass is 428 g/mol. The minimum absolute atomic E-state index is 0.290. The Labute approximate surface area is 182 Å². The summed E-state index contributed by atoms with van der Waals surface area (Å²) in [6.07, 6.45) is 8.31. The number of methoxy groups -OCH3 is 1. The van der Waals surface area contributed by atoms with Crippen molar-refractivity contribution in [3.05, 3.63) is 85.3 Å². The highest BCUT2D eigenvalue weighted by atomic mass is 19.1. The third-order valence-electron chi connectivity index (χ3n) is 4.98. The van der Waals surface area contributed by atoms with E-state index in [4.69, 9.17) is 0 Å². The van der Waals surface area contributed by atoms with Crippen molar-refractivity contribution in [3.63, 3.8) is 0 Å². The van der Waals surface area contributed by atoms with E-state index >= 15 is 0 Å². The smallest absolute Gasteiger partial charge is 0.412 e. The number of amides is 1. The van der Waals surface area contributed by atoms with Gasteiger partial charge < -0.3 is 4.74 Å². The van der Waals surface area contributed by atoms with Gasteiger partial charge in [0.2, 0.25) is 0 Å². The van der Waals surface area contributed by atoms with Crippen LogP contribution in [0.1, 0.15) is 0 Å². The molecule has 4 heterocycles. The van der Waals surface area contributed by atoms with E-state index in [0.29, 0.717) is 11.6 Å². The summed E-state index contributed by atoms with van der Waals surface area (Å²) in [6, 6.07) is 13.6. The predicted molar refractivity (Wildman–Crippen MR) is 117 cm³/mol. The molecule has 0 bridgehead atoms. The number of rotatable bonds is 4. The maximum Gasteiger partial charge on any atom is 0.412 e. The number of hydrogen-bond acceptors (Lipinski definition) is 5. The van der Waals surface area contributed by atoms with Crippen molar-refractivity contribution in [2.75, 3.05) is 12.4 Å². The predicted octanol–water partition coefficient (Wildman–Crippen LogP) is 4.57. The van der Waals surface area contributed by atoms with Crippen LogP contribution in [0.4, 0.5) is 15.0 Å². The molecule has 1 amide bonds. The summed E-state index contributed by atoms with van der Waals surface area (Å²) in [4.78, 5) is 24.6. The highest BCUT2D eigenvalue weighted by molar-refractivity contribution is 5.83. The maximum absolute atomic E-state index is 13.3. The summed E-state index contributed by atoms with van der Waals surface area (Å²) in [6.45, 7) is 0. The summed E-state index contributed by atoms with van der Waals surface area (Å²) in [5.41, 5.74) is 4.09. The molecule has 4 aromatic heterocycles. The zero-order valence-electron chi connectivity index (χ0n) is 16.9. The van der Waals surface area contributed by atoms with Crippen LogP contribution in [0.2, 0.25) is 0 Å². The number of nitrogens with one attached hydrogen (secondary N) is 1. The summed E-state index contributed by atoms with van der Waals surface area (Å²) in [5.74, 6) is 0.812. The quantitative estimate of drug-likeness (QED) is 0.453. The molecule has 0 aliphatic rings. The normalized spacial score (nSPS) is 10.9. The number of benzene rings is 1. The minimum atomic E-state index is -0.582. The van der Waals surface area contributed by atoms with Crippen molar-refractivity contribution >= 4 is 17.6 Å². The number of pyridine rings is 2. The van der Waals surface area contributed by atoms with Crippen LogP contribution >= 0.6 is 0 Å². The Kier molecular flexibility index (Phi) is 4.83. The van der Waals surface area contributed by atoms with Crippen LogP contribution in [0, 0.1) is 5.82 Å². The fourth-order valence-corrected chi connectivity index (χ4v) is 3.43. The fourth-order valence-electron chi connectivity index (χ4n) is 3.43. The lowest BCUT2D eigenvalue weighted by molar-refractivity contribution is 0.187. The molecule has 0 saturated heterocycles. The Morgan fingerprint density at radius 3 is 2.53 bits per heavy atom. The van der Waals surface area contributed by atoms with Gasteiger partial charge in [-0.05, 0) is 48.5 Å². The highest BCUT2D eigenvalue weighted by Gasteiger charge is 2.12. The number of ether oxygens (including phenoxy) is 1. The standard InChI is InChI=1S/C23H17FN6O2/c1-32-23(31)28-20-8-2-15(12-26-20)19-13-27-21-9-3-16(14-30(19)21)22-25-10-11-29(22)18-6-4-17(24)5-7-18/h2-14H,1H3,(H,26,28,31). The third kappa shape index (κ3) is 3.56. The molecule has 158 valence electrons. The van der Waals surface area contributed by atoms with Gasteiger partial charge in [-0.2, -0.15) is 0 Å². The number of anilines is 1. The molecule has 1 N–H and O–H groups in total. The second kappa shape index (κ2) is 7.95. The molecule has 8 nitrogen and oxygen atoms in total. The molecule has 0 unspecified atom stereocenters. The van der Waals surface area contributed by atoms with Gasteiger partial charge in [0.05, 0.1) is 19.0 Å². The summed E-state index contributed by atoms with van der Waals surface area (Å²) >= 11 is 0. The van der Waals surface area contributed by atoms with Crippen LogP contribution in [0.15, 0.2) is 79.5 Å². The van der Waals surface area contributed by atoms with E-state index in [-0.39, 0.29) is 5.82 Å². The SMILES string of the molecule is COC(=O)Nc1ccc(-c2cnc3ccc(-c4nccn4-c4ccc(F)cc4)cn23)cn1. The lowest BCUT2D eigenvalue weighted by atomic mass is 10.2. The number of aromatic nitrogens is 5. The van der Waals surface area contributed by atoms with Crippen LogP contribution in [-0.4, -0.2) is 37.1 Å². The molecule has 32 heavy (non-hydrogen) atoms. The number of hydrogen-bond donors (Lipinski definition) is 1. The second-order valence-corrected chi connectivity index (χ2v) is 6.94. The lowest BCUT2D eigenvalue weighted by Gasteiger charge is -2.09. The van der Waals surface area contributed by atoms with E-state index in [9.17, 15) is 9.18 Å². The van der Waals surface area contributed by atoms with Crippen LogP contribution in [0.25, 0.3) is 34.0 Å². The molecule has 0 atom stereocenters. The van der Waals surface area contributed by atoms with Gasteiger partial charge in [0, 0.05) is 41.6 Å². The molecule has 0 radical (unpaired) electrons. The molecule has 9 heteroatoms. The first-order valence-corrected chi connectivity index (χ1v) is 9.70. The Balaban J connectivity index is 1.52. The molecular weight excluding hydrogens is 411 g/mol. The van der Waals surface area contributed by atoms with Crippen molar-refractivity contribution in [1.82, 2.24) is 23.9 Å². The highest BCUT2D eigenvalue weighted by Crippen LogP contribution is 2.26. The minimum Gasteiger partial charge on any atom is -0.453 e. The number of carbonyl (C=O) groups excluding carboxylic acids is 1. The summed E-state index contributed by atoms with van der Waals surface area (Å²) in [5, 5.41) is 2.52. The lowest BCUT2D eigenvalue weighted by Crippen LogP contribution is -2.11. The molecular formula is C23H17FN6O2. The molecule has 0 saturated carbocycles. The zero-order chi connectivity index (χ0) is 22.1. The fraction of sp³-hybridized carbons (Fsp3) is 0.0435. The van der Waals surface area contributed by atoms with E-state index in [0.717, 1.165) is 28.2 Å². The van der Waals surface area contributed by atoms with E-state index < -0.39 is 6.09 Å². The largest absolute Gasteiger partial charge is 0.453 e. The Hall–Kier alpha value is -4.53. The summed E-state index contributed by atoms with van der Waals surface area (Å²) < 4.78 is 21.8. The average Bonchev–Trinajstić information content (AvgIpc) is 3.47. The molecule has 0 fully saturated rings. The Bertz CT molecular complexity index is 1410. The number of carbonyl (C=O) groups is 1. The van der Waals surface area contributed by atoms with Gasteiger partial charge in [0.25, 0.3) is 0 Å². The first-order valence-electron chi connectivity index (χ1n) is 9.70. The van der Waals surface area contributed by atoms with Crippen molar-refractivity contribution in [2.24, 2.45) is 0 Å². The Morgan fingerprint density at radius 1 is 0.969 bits per heavy atom. The van der Waals surface area contributed by atoms with Gasteiger partial charge in [-0.25, -0.2) is 24.1 Å². The van der Waals surface area contributed by atoms with Gasteiger partial charge in [0.15, 0.2) is 0 Å². The molecule has 0 aliphatic carbocycles. The second-order valence-electron chi connectivity index (χ2n) is 6.94.